The van der Waals surface area contributed by atoms with Crippen molar-refractivity contribution in [2.75, 3.05) is 19.8 Å². The van der Waals surface area contributed by atoms with Crippen molar-refractivity contribution in [2.45, 2.75) is 77.4 Å². The number of hydrogen-bond donors (Lipinski definition) is 2. The van der Waals surface area contributed by atoms with Gasteiger partial charge in [0.05, 0.1) is 12.7 Å². The Morgan fingerprint density at radius 3 is 2.53 bits per heavy atom. The summed E-state index contributed by atoms with van der Waals surface area (Å²) in [5.41, 5.74) is -0.138. The normalized spacial score (nSPS) is 27.2. The molecule has 0 aliphatic heterocycles. The molecule has 1 aliphatic rings. The first-order valence-electron chi connectivity index (χ1n) is 8.07. The van der Waals surface area contributed by atoms with Gasteiger partial charge in [-0.15, -0.1) is 0 Å². The Morgan fingerprint density at radius 1 is 1.26 bits per heavy atom. The van der Waals surface area contributed by atoms with Gasteiger partial charge in [-0.3, -0.25) is 0 Å². The first-order chi connectivity index (χ1) is 9.09. The van der Waals surface area contributed by atoms with Crippen molar-refractivity contribution >= 4 is 0 Å². The summed E-state index contributed by atoms with van der Waals surface area (Å²) in [5.74, 6) is 0.885. The molecule has 1 saturated carbocycles. The second kappa shape index (κ2) is 8.93. The van der Waals surface area contributed by atoms with E-state index in [2.05, 4.69) is 26.1 Å². The Hall–Kier alpha value is -0.120. The molecule has 0 spiro atoms. The summed E-state index contributed by atoms with van der Waals surface area (Å²) in [5, 5.41) is 12.9. The highest BCUT2D eigenvalue weighted by molar-refractivity contribution is 4.82. The highest BCUT2D eigenvalue weighted by Gasteiger charge is 2.22. The van der Waals surface area contributed by atoms with Gasteiger partial charge in [-0.1, -0.05) is 13.8 Å². The quantitative estimate of drug-likeness (QED) is 0.633. The molecule has 3 nitrogen and oxygen atoms in total. The number of aliphatic hydroxyl groups excluding tert-OH is 1. The summed E-state index contributed by atoms with van der Waals surface area (Å²) >= 11 is 0. The zero-order valence-corrected chi connectivity index (χ0v) is 13.1. The molecule has 1 aliphatic carbocycles. The van der Waals surface area contributed by atoms with Crippen LogP contribution in [0.3, 0.4) is 0 Å². The molecule has 3 heteroatoms. The Bertz CT molecular complexity index is 227. The third-order valence-electron chi connectivity index (χ3n) is 4.34. The molecule has 0 heterocycles. The second-order valence-corrected chi connectivity index (χ2v) is 6.50. The molecule has 2 N–H and O–H groups in total. The predicted molar refractivity (Wildman–Crippen MR) is 80.4 cm³/mol. The number of rotatable bonds is 9. The maximum Gasteiger partial charge on any atom is 0.0610 e. The van der Waals surface area contributed by atoms with Crippen LogP contribution >= 0.6 is 0 Å². The first-order valence-corrected chi connectivity index (χ1v) is 8.07. The lowest BCUT2D eigenvalue weighted by atomic mass is 9.89. The summed E-state index contributed by atoms with van der Waals surface area (Å²) < 4.78 is 5.97. The van der Waals surface area contributed by atoms with Gasteiger partial charge < -0.3 is 15.2 Å². The lowest BCUT2D eigenvalue weighted by molar-refractivity contribution is 0.0141. The predicted octanol–water partition coefficient (Wildman–Crippen LogP) is 3.11. The highest BCUT2D eigenvalue weighted by atomic mass is 16.5. The number of hydrogen-bond acceptors (Lipinski definition) is 3. The third-order valence-corrected chi connectivity index (χ3v) is 4.34. The van der Waals surface area contributed by atoms with E-state index in [0.717, 1.165) is 38.3 Å². The molecule has 19 heavy (non-hydrogen) atoms. The standard InChI is InChI=1S/C16H33NO2/c1-4-11-17-16(3,13-18)10-5-12-19-15-8-6-14(2)7-9-15/h14-15,17-18H,4-13H2,1-3H3. The van der Waals surface area contributed by atoms with Crippen molar-refractivity contribution < 1.29 is 9.84 Å². The van der Waals surface area contributed by atoms with Crippen LogP contribution in [0.25, 0.3) is 0 Å². The van der Waals surface area contributed by atoms with Gasteiger partial charge in [0.25, 0.3) is 0 Å². The molecular formula is C16H33NO2. The summed E-state index contributed by atoms with van der Waals surface area (Å²) in [7, 11) is 0. The van der Waals surface area contributed by atoms with E-state index in [1.807, 2.05) is 0 Å². The molecule has 0 aromatic carbocycles. The van der Waals surface area contributed by atoms with Gasteiger partial charge in [-0.05, 0) is 64.3 Å². The molecule has 0 saturated heterocycles. The number of nitrogens with one attached hydrogen (secondary N) is 1. The molecule has 0 aromatic rings. The fraction of sp³-hybridized carbons (Fsp3) is 1.00. The topological polar surface area (TPSA) is 41.5 Å². The summed E-state index contributed by atoms with van der Waals surface area (Å²) in [6, 6.07) is 0. The lowest BCUT2D eigenvalue weighted by Crippen LogP contribution is -2.46. The van der Waals surface area contributed by atoms with E-state index in [0.29, 0.717) is 6.10 Å². The highest BCUT2D eigenvalue weighted by Crippen LogP contribution is 2.25. The van der Waals surface area contributed by atoms with Crippen LogP contribution in [-0.2, 0) is 4.74 Å². The fourth-order valence-electron chi connectivity index (χ4n) is 2.76. The number of ether oxygens (including phenoxy) is 1. The largest absolute Gasteiger partial charge is 0.394 e. The molecule has 0 radical (unpaired) electrons. The van der Waals surface area contributed by atoms with Crippen molar-refractivity contribution in [3.8, 4) is 0 Å². The van der Waals surface area contributed by atoms with Crippen LogP contribution in [0.1, 0.15) is 65.7 Å². The molecule has 1 fully saturated rings. The Balaban J connectivity index is 2.11. The van der Waals surface area contributed by atoms with E-state index < -0.39 is 0 Å². The van der Waals surface area contributed by atoms with E-state index in [1.54, 1.807) is 0 Å². The van der Waals surface area contributed by atoms with E-state index in [4.69, 9.17) is 4.74 Å². The first kappa shape index (κ1) is 16.9. The monoisotopic (exact) mass is 271 g/mol. The molecule has 1 rings (SSSR count). The SMILES string of the molecule is CCCNC(C)(CO)CCCOC1CCC(C)CC1. The van der Waals surface area contributed by atoms with Crippen LogP contribution in [0.15, 0.2) is 0 Å². The molecule has 114 valence electrons. The number of aliphatic hydroxyl groups is 1. The summed E-state index contributed by atoms with van der Waals surface area (Å²) in [6.07, 6.45) is 8.69. The minimum atomic E-state index is -0.138. The van der Waals surface area contributed by atoms with Crippen LogP contribution in [0.4, 0.5) is 0 Å². The molecule has 0 bridgehead atoms. The van der Waals surface area contributed by atoms with Crippen molar-refractivity contribution in [3.63, 3.8) is 0 Å². The lowest BCUT2D eigenvalue weighted by Gasteiger charge is -2.30. The summed E-state index contributed by atoms with van der Waals surface area (Å²) in [4.78, 5) is 0. The van der Waals surface area contributed by atoms with Crippen LogP contribution in [-0.4, -0.2) is 36.5 Å². The Kier molecular flexibility index (Phi) is 7.96. The van der Waals surface area contributed by atoms with Crippen molar-refractivity contribution in [2.24, 2.45) is 5.92 Å². The van der Waals surface area contributed by atoms with Crippen molar-refractivity contribution in [1.29, 1.82) is 0 Å². The fourth-order valence-corrected chi connectivity index (χ4v) is 2.76. The van der Waals surface area contributed by atoms with Gasteiger partial charge in [0.1, 0.15) is 0 Å². The van der Waals surface area contributed by atoms with Crippen LogP contribution in [0.5, 0.6) is 0 Å². The molecule has 0 amide bonds. The second-order valence-electron chi connectivity index (χ2n) is 6.50. The summed E-state index contributed by atoms with van der Waals surface area (Å²) in [6.45, 7) is 8.60. The molecule has 0 aromatic heterocycles. The maximum absolute atomic E-state index is 9.49. The Labute approximate surface area is 119 Å². The minimum Gasteiger partial charge on any atom is -0.394 e. The zero-order valence-electron chi connectivity index (χ0n) is 13.1. The maximum atomic E-state index is 9.49. The molecular weight excluding hydrogens is 238 g/mol. The zero-order chi connectivity index (χ0) is 14.1. The van der Waals surface area contributed by atoms with Gasteiger partial charge in [0.15, 0.2) is 0 Å². The van der Waals surface area contributed by atoms with Crippen LogP contribution < -0.4 is 5.32 Å². The van der Waals surface area contributed by atoms with Crippen molar-refractivity contribution in [3.05, 3.63) is 0 Å². The van der Waals surface area contributed by atoms with Gasteiger partial charge in [-0.2, -0.15) is 0 Å². The van der Waals surface area contributed by atoms with Crippen molar-refractivity contribution in [1.82, 2.24) is 5.32 Å². The van der Waals surface area contributed by atoms with E-state index in [-0.39, 0.29) is 12.1 Å². The van der Waals surface area contributed by atoms with E-state index in [1.165, 1.54) is 25.7 Å². The Morgan fingerprint density at radius 2 is 1.95 bits per heavy atom. The smallest absolute Gasteiger partial charge is 0.0610 e. The third kappa shape index (κ3) is 6.73. The van der Waals surface area contributed by atoms with E-state index >= 15 is 0 Å². The molecule has 1 atom stereocenters. The van der Waals surface area contributed by atoms with Gasteiger partial charge >= 0.3 is 0 Å². The minimum absolute atomic E-state index is 0.138. The van der Waals surface area contributed by atoms with Crippen LogP contribution in [0, 0.1) is 5.92 Å². The van der Waals surface area contributed by atoms with Gasteiger partial charge in [0.2, 0.25) is 0 Å². The van der Waals surface area contributed by atoms with Gasteiger partial charge in [-0.25, -0.2) is 0 Å². The van der Waals surface area contributed by atoms with Gasteiger partial charge in [0, 0.05) is 12.1 Å². The average molecular weight is 271 g/mol. The van der Waals surface area contributed by atoms with E-state index in [9.17, 15) is 5.11 Å². The molecule has 1 unspecified atom stereocenters. The van der Waals surface area contributed by atoms with Crippen LogP contribution in [0.2, 0.25) is 0 Å². The average Bonchev–Trinajstić information content (AvgIpc) is 2.43.